The van der Waals surface area contributed by atoms with E-state index in [0.717, 1.165) is 27.6 Å². The van der Waals surface area contributed by atoms with Gasteiger partial charge in [0.05, 0.1) is 13.7 Å². The first-order chi connectivity index (χ1) is 10.5. The number of benzene rings is 1. The molecule has 1 aromatic heterocycles. The van der Waals surface area contributed by atoms with Gasteiger partial charge in [0.2, 0.25) is 0 Å². The number of ether oxygens (including phenoxy) is 2. The second-order valence-electron chi connectivity index (χ2n) is 5.34. The Bertz CT molecular complexity index is 632. The zero-order valence-corrected chi connectivity index (χ0v) is 14.2. The van der Waals surface area contributed by atoms with Crippen LogP contribution in [0.2, 0.25) is 0 Å². The number of nitrogens with zero attached hydrogens (tertiary/aromatic N) is 1. The molecule has 22 heavy (non-hydrogen) atoms. The maximum atomic E-state index is 12.1. The predicted octanol–water partition coefficient (Wildman–Crippen LogP) is 4.19. The van der Waals surface area contributed by atoms with E-state index in [0.29, 0.717) is 18.2 Å². The lowest BCUT2D eigenvalue weighted by Crippen LogP contribution is -2.08. The highest BCUT2D eigenvalue weighted by Crippen LogP contribution is 2.31. The number of carbonyl (C=O) groups is 1. The van der Waals surface area contributed by atoms with E-state index in [1.165, 1.54) is 0 Å². The Morgan fingerprint density at radius 3 is 2.50 bits per heavy atom. The standard InChI is InChI=1S/C17H21NO3S/c1-5-21-17(19)15-14(10-11(2)3)22-16(18-15)12-6-8-13(20-4)9-7-12/h6-9,11H,5,10H2,1-4H3. The van der Waals surface area contributed by atoms with Gasteiger partial charge in [-0.15, -0.1) is 11.3 Å². The fourth-order valence-corrected chi connectivity index (χ4v) is 3.34. The average molecular weight is 319 g/mol. The SMILES string of the molecule is CCOC(=O)c1nc(-c2ccc(OC)cc2)sc1CC(C)C. The van der Waals surface area contributed by atoms with Crippen molar-refractivity contribution in [1.82, 2.24) is 4.98 Å². The number of hydrogen-bond donors (Lipinski definition) is 0. The summed E-state index contributed by atoms with van der Waals surface area (Å²) < 4.78 is 10.3. The van der Waals surface area contributed by atoms with E-state index >= 15 is 0 Å². The van der Waals surface area contributed by atoms with Crippen LogP contribution in [0.25, 0.3) is 10.6 Å². The van der Waals surface area contributed by atoms with Crippen molar-refractivity contribution in [3.8, 4) is 16.3 Å². The van der Waals surface area contributed by atoms with Crippen molar-refractivity contribution >= 4 is 17.3 Å². The summed E-state index contributed by atoms with van der Waals surface area (Å²) in [4.78, 5) is 17.6. The van der Waals surface area contributed by atoms with Gasteiger partial charge in [0.15, 0.2) is 5.69 Å². The molecule has 0 aliphatic heterocycles. The molecule has 0 spiro atoms. The Labute approximate surface area is 135 Å². The molecule has 0 fully saturated rings. The summed E-state index contributed by atoms with van der Waals surface area (Å²) in [6.07, 6.45) is 0.821. The first-order valence-electron chi connectivity index (χ1n) is 7.36. The van der Waals surface area contributed by atoms with Crippen molar-refractivity contribution in [2.24, 2.45) is 5.92 Å². The molecule has 1 aromatic carbocycles. The summed E-state index contributed by atoms with van der Waals surface area (Å²) in [7, 11) is 1.64. The molecule has 1 heterocycles. The number of hydrogen-bond acceptors (Lipinski definition) is 5. The maximum absolute atomic E-state index is 12.1. The van der Waals surface area contributed by atoms with Gasteiger partial charge in [0.1, 0.15) is 10.8 Å². The third-order valence-corrected chi connectivity index (χ3v) is 4.22. The number of methoxy groups -OCH3 is 1. The van der Waals surface area contributed by atoms with Gasteiger partial charge in [-0.1, -0.05) is 13.8 Å². The average Bonchev–Trinajstić information content (AvgIpc) is 2.90. The van der Waals surface area contributed by atoms with Crippen LogP contribution in [0.15, 0.2) is 24.3 Å². The van der Waals surface area contributed by atoms with Crippen LogP contribution in [0, 0.1) is 5.92 Å². The van der Waals surface area contributed by atoms with Crippen LogP contribution >= 0.6 is 11.3 Å². The van der Waals surface area contributed by atoms with Gasteiger partial charge >= 0.3 is 5.97 Å². The van der Waals surface area contributed by atoms with Crippen LogP contribution in [-0.4, -0.2) is 24.7 Å². The zero-order valence-electron chi connectivity index (χ0n) is 13.4. The quantitative estimate of drug-likeness (QED) is 0.749. The summed E-state index contributed by atoms with van der Waals surface area (Å²) in [5.41, 5.74) is 1.43. The highest BCUT2D eigenvalue weighted by atomic mass is 32.1. The Balaban J connectivity index is 2.37. The van der Waals surface area contributed by atoms with Gasteiger partial charge in [-0.25, -0.2) is 9.78 Å². The van der Waals surface area contributed by atoms with Gasteiger partial charge in [-0.05, 0) is 43.5 Å². The van der Waals surface area contributed by atoms with Crippen LogP contribution in [0.5, 0.6) is 5.75 Å². The molecule has 0 radical (unpaired) electrons. The minimum atomic E-state index is -0.339. The van der Waals surface area contributed by atoms with E-state index in [2.05, 4.69) is 18.8 Å². The Morgan fingerprint density at radius 2 is 1.95 bits per heavy atom. The molecule has 0 aliphatic carbocycles. The van der Waals surface area contributed by atoms with Crippen LogP contribution in [0.4, 0.5) is 0 Å². The van der Waals surface area contributed by atoms with Gasteiger partial charge < -0.3 is 9.47 Å². The third-order valence-electron chi connectivity index (χ3n) is 3.10. The van der Waals surface area contributed by atoms with Crippen LogP contribution in [0.3, 0.4) is 0 Å². The molecule has 5 heteroatoms. The number of esters is 1. The lowest BCUT2D eigenvalue weighted by Gasteiger charge is -2.04. The van der Waals surface area contributed by atoms with Crippen molar-refractivity contribution in [2.45, 2.75) is 27.2 Å². The highest BCUT2D eigenvalue weighted by molar-refractivity contribution is 7.15. The number of rotatable bonds is 6. The van der Waals surface area contributed by atoms with E-state index in [9.17, 15) is 4.79 Å². The third kappa shape index (κ3) is 3.85. The largest absolute Gasteiger partial charge is 0.497 e. The molecule has 0 saturated heterocycles. The highest BCUT2D eigenvalue weighted by Gasteiger charge is 2.20. The minimum Gasteiger partial charge on any atom is -0.497 e. The molecule has 0 unspecified atom stereocenters. The molecule has 4 nitrogen and oxygen atoms in total. The summed E-state index contributed by atoms with van der Waals surface area (Å²) in [6.45, 7) is 6.41. The van der Waals surface area contributed by atoms with Crippen molar-refractivity contribution in [1.29, 1.82) is 0 Å². The second-order valence-corrected chi connectivity index (χ2v) is 6.42. The molecule has 118 valence electrons. The molecule has 0 amide bonds. The van der Waals surface area contributed by atoms with Gasteiger partial charge in [-0.3, -0.25) is 0 Å². The van der Waals surface area contributed by atoms with E-state index < -0.39 is 0 Å². The maximum Gasteiger partial charge on any atom is 0.358 e. The minimum absolute atomic E-state index is 0.339. The topological polar surface area (TPSA) is 48.4 Å². The summed E-state index contributed by atoms with van der Waals surface area (Å²) in [6, 6.07) is 7.68. The lowest BCUT2D eigenvalue weighted by molar-refractivity contribution is 0.0519. The molecule has 0 N–H and O–H groups in total. The van der Waals surface area contributed by atoms with Crippen LogP contribution < -0.4 is 4.74 Å². The van der Waals surface area contributed by atoms with Crippen LogP contribution in [-0.2, 0) is 11.2 Å². The van der Waals surface area contributed by atoms with E-state index in [1.54, 1.807) is 25.4 Å². The molecule has 2 rings (SSSR count). The predicted molar refractivity (Wildman–Crippen MR) is 88.6 cm³/mol. The van der Waals surface area contributed by atoms with Gasteiger partial charge in [0, 0.05) is 10.4 Å². The Kier molecular flexibility index (Phi) is 5.55. The second kappa shape index (κ2) is 7.40. The zero-order chi connectivity index (χ0) is 16.1. The van der Waals surface area contributed by atoms with E-state index in [1.807, 2.05) is 24.3 Å². The number of carbonyl (C=O) groups excluding carboxylic acids is 1. The number of thiazole rings is 1. The lowest BCUT2D eigenvalue weighted by atomic mass is 10.1. The smallest absolute Gasteiger partial charge is 0.358 e. The molecule has 0 bridgehead atoms. The fourth-order valence-electron chi connectivity index (χ4n) is 2.08. The van der Waals surface area contributed by atoms with E-state index in [4.69, 9.17) is 9.47 Å². The molecular weight excluding hydrogens is 298 g/mol. The first kappa shape index (κ1) is 16.5. The first-order valence-corrected chi connectivity index (χ1v) is 8.18. The van der Waals surface area contributed by atoms with Gasteiger partial charge in [-0.2, -0.15) is 0 Å². The molecule has 0 atom stereocenters. The van der Waals surface area contributed by atoms with Crippen LogP contribution in [0.1, 0.15) is 36.1 Å². The summed E-state index contributed by atoms with van der Waals surface area (Å²) in [5, 5.41) is 0.835. The Hall–Kier alpha value is -1.88. The Morgan fingerprint density at radius 1 is 1.27 bits per heavy atom. The fraction of sp³-hybridized carbons (Fsp3) is 0.412. The molecule has 0 aliphatic rings. The van der Waals surface area contributed by atoms with Crippen molar-refractivity contribution in [2.75, 3.05) is 13.7 Å². The van der Waals surface area contributed by atoms with Crippen molar-refractivity contribution in [3.63, 3.8) is 0 Å². The van der Waals surface area contributed by atoms with Crippen molar-refractivity contribution < 1.29 is 14.3 Å². The monoisotopic (exact) mass is 319 g/mol. The summed E-state index contributed by atoms with van der Waals surface area (Å²) in [5.74, 6) is 0.917. The summed E-state index contributed by atoms with van der Waals surface area (Å²) >= 11 is 1.56. The normalized spacial score (nSPS) is 10.8. The van der Waals surface area contributed by atoms with Gasteiger partial charge in [0.25, 0.3) is 0 Å². The number of aromatic nitrogens is 1. The molecule has 0 saturated carbocycles. The molecular formula is C17H21NO3S. The van der Waals surface area contributed by atoms with E-state index in [-0.39, 0.29) is 5.97 Å². The molecule has 2 aromatic rings. The van der Waals surface area contributed by atoms with Crippen molar-refractivity contribution in [3.05, 3.63) is 34.8 Å².